The Morgan fingerprint density at radius 2 is 2.21 bits per heavy atom. The molecule has 0 bridgehead atoms. The van der Waals surface area contributed by atoms with Crippen LogP contribution in [0, 0.1) is 6.92 Å². The molecule has 0 aliphatic rings. The second-order valence-corrected chi connectivity index (χ2v) is 3.74. The predicted molar refractivity (Wildman–Crippen MR) is 60.2 cm³/mol. The van der Waals surface area contributed by atoms with Gasteiger partial charge < -0.3 is 5.32 Å². The molecule has 1 aromatic heterocycles. The molecule has 1 aromatic rings. The van der Waals surface area contributed by atoms with E-state index in [0.29, 0.717) is 6.04 Å². The molecule has 1 heterocycles. The van der Waals surface area contributed by atoms with E-state index < -0.39 is 0 Å². The Morgan fingerprint density at radius 1 is 1.50 bits per heavy atom. The van der Waals surface area contributed by atoms with Crippen LogP contribution in [-0.2, 0) is 0 Å². The molecule has 76 valence electrons. The first-order valence-electron chi connectivity index (χ1n) is 4.88. The number of nitrogens with one attached hydrogen (secondary N) is 1. The summed E-state index contributed by atoms with van der Waals surface area (Å²) in [4.78, 5) is 4.09. The minimum Gasteiger partial charge on any atom is -0.310 e. The van der Waals surface area contributed by atoms with E-state index in [-0.39, 0.29) is 0 Å². The van der Waals surface area contributed by atoms with Gasteiger partial charge in [-0.25, -0.2) is 0 Å². The van der Waals surface area contributed by atoms with E-state index in [4.69, 9.17) is 0 Å². The highest BCUT2D eigenvalue weighted by Gasteiger charge is 2.07. The molecule has 0 spiro atoms. The van der Waals surface area contributed by atoms with Crippen molar-refractivity contribution < 1.29 is 0 Å². The first-order valence-corrected chi connectivity index (χ1v) is 4.88. The number of nitrogens with zero attached hydrogens (tertiary/aromatic N) is 1. The van der Waals surface area contributed by atoms with Crippen LogP contribution in [0.4, 0.5) is 0 Å². The Balaban J connectivity index is 3.01. The molecule has 2 heteroatoms. The molecule has 0 radical (unpaired) electrons. The Labute approximate surface area is 86.1 Å². The van der Waals surface area contributed by atoms with Crippen LogP contribution in [0.15, 0.2) is 30.1 Å². The Morgan fingerprint density at radius 3 is 2.71 bits per heavy atom. The van der Waals surface area contributed by atoms with Gasteiger partial charge in [-0.1, -0.05) is 11.6 Å². The Hall–Kier alpha value is -1.15. The van der Waals surface area contributed by atoms with Gasteiger partial charge in [-0.3, -0.25) is 4.98 Å². The zero-order valence-electron chi connectivity index (χ0n) is 9.33. The number of allylic oxidation sites excluding steroid dienone is 1. The summed E-state index contributed by atoms with van der Waals surface area (Å²) in [6.45, 7) is 6.31. The van der Waals surface area contributed by atoms with Crippen molar-refractivity contribution in [1.29, 1.82) is 0 Å². The molecule has 1 unspecified atom stereocenters. The fraction of sp³-hybridized carbons (Fsp3) is 0.417. The maximum absolute atomic E-state index is 4.09. The van der Waals surface area contributed by atoms with E-state index in [1.165, 1.54) is 16.7 Å². The fourth-order valence-corrected chi connectivity index (χ4v) is 1.50. The van der Waals surface area contributed by atoms with Crippen molar-refractivity contribution in [3.8, 4) is 0 Å². The lowest BCUT2D eigenvalue weighted by Gasteiger charge is -2.15. The van der Waals surface area contributed by atoms with Crippen molar-refractivity contribution in [2.24, 2.45) is 0 Å². The lowest BCUT2D eigenvalue weighted by Crippen LogP contribution is -2.15. The predicted octanol–water partition coefficient (Wildman–Crippen LogP) is 2.62. The second-order valence-electron chi connectivity index (χ2n) is 3.74. The molecular weight excluding hydrogens is 172 g/mol. The van der Waals surface area contributed by atoms with Crippen molar-refractivity contribution in [2.75, 3.05) is 7.05 Å². The average molecular weight is 190 g/mol. The Bertz CT molecular complexity index is 325. The van der Waals surface area contributed by atoms with Crippen molar-refractivity contribution in [1.82, 2.24) is 10.3 Å². The summed E-state index contributed by atoms with van der Waals surface area (Å²) >= 11 is 0. The van der Waals surface area contributed by atoms with Crippen molar-refractivity contribution in [3.63, 3.8) is 0 Å². The summed E-state index contributed by atoms with van der Waals surface area (Å²) in [6.07, 6.45) is 5.96. The van der Waals surface area contributed by atoms with Gasteiger partial charge in [0.2, 0.25) is 0 Å². The van der Waals surface area contributed by atoms with E-state index in [2.05, 4.69) is 43.2 Å². The molecule has 14 heavy (non-hydrogen) atoms. The SMILES string of the molecule is CNC(C=C(C)C)c1ccncc1C. The molecule has 0 aliphatic heterocycles. The van der Waals surface area contributed by atoms with Gasteiger partial charge in [0.05, 0.1) is 6.04 Å². The van der Waals surface area contributed by atoms with Crippen molar-refractivity contribution in [3.05, 3.63) is 41.2 Å². The fourth-order valence-electron chi connectivity index (χ4n) is 1.50. The van der Waals surface area contributed by atoms with Gasteiger partial charge in [-0.2, -0.15) is 0 Å². The van der Waals surface area contributed by atoms with Crippen LogP contribution in [0.2, 0.25) is 0 Å². The molecule has 1 rings (SSSR count). The average Bonchev–Trinajstić information content (AvgIpc) is 2.15. The number of pyridine rings is 1. The molecule has 0 aliphatic carbocycles. The van der Waals surface area contributed by atoms with Gasteiger partial charge in [0.25, 0.3) is 0 Å². The van der Waals surface area contributed by atoms with E-state index in [9.17, 15) is 0 Å². The van der Waals surface area contributed by atoms with Crippen LogP contribution in [0.5, 0.6) is 0 Å². The van der Waals surface area contributed by atoms with Gasteiger partial charge in [0.15, 0.2) is 0 Å². The van der Waals surface area contributed by atoms with Gasteiger partial charge in [-0.05, 0) is 45.0 Å². The zero-order chi connectivity index (χ0) is 10.6. The monoisotopic (exact) mass is 190 g/mol. The zero-order valence-corrected chi connectivity index (χ0v) is 9.33. The van der Waals surface area contributed by atoms with Crippen LogP contribution in [-0.4, -0.2) is 12.0 Å². The van der Waals surface area contributed by atoms with Crippen LogP contribution in [0.25, 0.3) is 0 Å². The molecule has 2 nitrogen and oxygen atoms in total. The van der Waals surface area contributed by atoms with E-state index in [0.717, 1.165) is 0 Å². The minimum atomic E-state index is 0.294. The largest absolute Gasteiger partial charge is 0.310 e. The highest BCUT2D eigenvalue weighted by molar-refractivity contribution is 5.29. The van der Waals surface area contributed by atoms with Crippen LogP contribution < -0.4 is 5.32 Å². The number of aromatic nitrogens is 1. The normalized spacial score (nSPS) is 12.3. The summed E-state index contributed by atoms with van der Waals surface area (Å²) in [5.74, 6) is 0. The number of hydrogen-bond donors (Lipinski definition) is 1. The van der Waals surface area contributed by atoms with Crippen molar-refractivity contribution in [2.45, 2.75) is 26.8 Å². The van der Waals surface area contributed by atoms with E-state index in [1.54, 1.807) is 0 Å². The molecular formula is C12H18N2. The third kappa shape index (κ3) is 2.67. The maximum atomic E-state index is 4.09. The molecule has 0 fully saturated rings. The molecule has 0 saturated carbocycles. The topological polar surface area (TPSA) is 24.9 Å². The van der Waals surface area contributed by atoms with E-state index in [1.807, 2.05) is 19.4 Å². The number of hydrogen-bond acceptors (Lipinski definition) is 2. The van der Waals surface area contributed by atoms with Crippen LogP contribution in [0.3, 0.4) is 0 Å². The lowest BCUT2D eigenvalue weighted by molar-refractivity contribution is 0.704. The third-order valence-corrected chi connectivity index (χ3v) is 2.21. The number of likely N-dealkylation sites (N-methyl/N-ethyl adjacent to an activating group) is 1. The van der Waals surface area contributed by atoms with Crippen LogP contribution >= 0.6 is 0 Å². The first-order chi connectivity index (χ1) is 6.65. The Kier molecular flexibility index (Phi) is 3.84. The van der Waals surface area contributed by atoms with Gasteiger partial charge in [-0.15, -0.1) is 0 Å². The number of rotatable bonds is 3. The van der Waals surface area contributed by atoms with E-state index >= 15 is 0 Å². The van der Waals surface area contributed by atoms with Gasteiger partial charge >= 0.3 is 0 Å². The minimum absolute atomic E-state index is 0.294. The summed E-state index contributed by atoms with van der Waals surface area (Å²) in [5.41, 5.74) is 3.84. The summed E-state index contributed by atoms with van der Waals surface area (Å²) in [5, 5.41) is 3.29. The molecule has 0 saturated heterocycles. The highest BCUT2D eigenvalue weighted by Crippen LogP contribution is 2.18. The number of aryl methyl sites for hydroxylation is 1. The smallest absolute Gasteiger partial charge is 0.0509 e. The first kappa shape index (κ1) is 10.9. The van der Waals surface area contributed by atoms with Crippen LogP contribution in [0.1, 0.15) is 31.0 Å². The molecule has 0 amide bonds. The van der Waals surface area contributed by atoms with Crippen molar-refractivity contribution >= 4 is 0 Å². The second kappa shape index (κ2) is 4.91. The van der Waals surface area contributed by atoms with Gasteiger partial charge in [0, 0.05) is 12.4 Å². The molecule has 0 aromatic carbocycles. The molecule has 1 atom stereocenters. The quantitative estimate of drug-likeness (QED) is 0.741. The summed E-state index contributed by atoms with van der Waals surface area (Å²) < 4.78 is 0. The lowest BCUT2D eigenvalue weighted by atomic mass is 10.0. The summed E-state index contributed by atoms with van der Waals surface area (Å²) in [6, 6.07) is 2.36. The third-order valence-electron chi connectivity index (χ3n) is 2.21. The maximum Gasteiger partial charge on any atom is 0.0509 e. The standard InChI is InChI=1S/C12H18N2/c1-9(2)7-12(13-4)11-5-6-14-8-10(11)3/h5-8,12-13H,1-4H3. The van der Waals surface area contributed by atoms with Gasteiger partial charge in [0.1, 0.15) is 0 Å². The molecule has 1 N–H and O–H groups in total. The summed E-state index contributed by atoms with van der Waals surface area (Å²) in [7, 11) is 1.98. The highest BCUT2D eigenvalue weighted by atomic mass is 14.9.